The van der Waals surface area contributed by atoms with Crippen molar-refractivity contribution in [2.75, 3.05) is 20.2 Å². The van der Waals surface area contributed by atoms with Crippen molar-refractivity contribution in [3.8, 4) is 0 Å². The first-order chi connectivity index (χ1) is 8.53. The number of nitrogens with two attached hydrogens (primary N) is 1. The Bertz CT molecular complexity index is 443. The third-order valence-corrected chi connectivity index (χ3v) is 3.41. The van der Waals surface area contributed by atoms with Gasteiger partial charge in [-0.15, -0.1) is 0 Å². The molecule has 0 radical (unpaired) electrons. The molecule has 1 aromatic rings. The summed E-state index contributed by atoms with van der Waals surface area (Å²) >= 11 is 0. The Hall–Kier alpha value is -1.39. The van der Waals surface area contributed by atoms with Crippen LogP contribution in [-0.4, -0.2) is 36.6 Å². The first-order valence-corrected chi connectivity index (χ1v) is 6.19. The Balaban J connectivity index is 2.04. The number of carbonyl (C=O) groups is 1. The maximum atomic E-state index is 11.6. The standard InChI is InChI=1S/C14H20N2O2/c1-14(15,13(17)18-2)10-16-8-7-11-5-3-4-6-12(11)9-16/h3-6H,7-10,15H2,1-2H3. The highest BCUT2D eigenvalue weighted by atomic mass is 16.5. The molecule has 0 saturated heterocycles. The molecule has 2 rings (SSSR count). The van der Waals surface area contributed by atoms with Gasteiger partial charge in [0.25, 0.3) is 0 Å². The van der Waals surface area contributed by atoms with Crippen LogP contribution in [0.3, 0.4) is 0 Å². The molecule has 1 heterocycles. The number of hydrogen-bond donors (Lipinski definition) is 1. The molecule has 2 N–H and O–H groups in total. The van der Waals surface area contributed by atoms with E-state index in [2.05, 4.69) is 23.1 Å². The van der Waals surface area contributed by atoms with Gasteiger partial charge in [-0.3, -0.25) is 9.69 Å². The maximum Gasteiger partial charge on any atom is 0.326 e. The molecular formula is C14H20N2O2. The Morgan fingerprint density at radius 2 is 2.11 bits per heavy atom. The molecule has 1 aliphatic rings. The summed E-state index contributed by atoms with van der Waals surface area (Å²) in [6, 6.07) is 8.41. The summed E-state index contributed by atoms with van der Waals surface area (Å²) in [4.78, 5) is 13.8. The maximum absolute atomic E-state index is 11.6. The molecular weight excluding hydrogens is 228 g/mol. The molecule has 4 nitrogen and oxygen atoms in total. The summed E-state index contributed by atoms with van der Waals surface area (Å²) in [5.41, 5.74) is 7.78. The number of carbonyl (C=O) groups excluding carboxylic acids is 1. The van der Waals surface area contributed by atoms with Gasteiger partial charge in [-0.05, 0) is 24.5 Å². The van der Waals surface area contributed by atoms with E-state index in [0.29, 0.717) is 6.54 Å². The SMILES string of the molecule is COC(=O)C(C)(N)CN1CCc2ccccc2C1. The van der Waals surface area contributed by atoms with Crippen LogP contribution in [0.4, 0.5) is 0 Å². The third-order valence-electron chi connectivity index (χ3n) is 3.41. The minimum atomic E-state index is -0.943. The zero-order valence-corrected chi connectivity index (χ0v) is 11.0. The normalized spacial score (nSPS) is 18.8. The van der Waals surface area contributed by atoms with E-state index in [1.54, 1.807) is 6.92 Å². The van der Waals surface area contributed by atoms with Gasteiger partial charge in [0.1, 0.15) is 5.54 Å². The molecule has 1 atom stereocenters. The fraction of sp³-hybridized carbons (Fsp3) is 0.500. The van der Waals surface area contributed by atoms with Gasteiger partial charge in [-0.2, -0.15) is 0 Å². The van der Waals surface area contributed by atoms with Crippen molar-refractivity contribution >= 4 is 5.97 Å². The van der Waals surface area contributed by atoms with Gasteiger partial charge in [0.05, 0.1) is 7.11 Å². The largest absolute Gasteiger partial charge is 0.468 e. The number of hydrogen-bond acceptors (Lipinski definition) is 4. The second-order valence-electron chi connectivity index (χ2n) is 5.14. The van der Waals surface area contributed by atoms with Crippen molar-refractivity contribution in [1.82, 2.24) is 4.90 Å². The summed E-state index contributed by atoms with van der Waals surface area (Å²) < 4.78 is 4.74. The molecule has 0 aromatic heterocycles. The fourth-order valence-corrected chi connectivity index (χ4v) is 2.45. The lowest BCUT2D eigenvalue weighted by atomic mass is 9.97. The summed E-state index contributed by atoms with van der Waals surface area (Å²) in [6.07, 6.45) is 1.01. The van der Waals surface area contributed by atoms with Gasteiger partial charge in [-0.25, -0.2) is 0 Å². The molecule has 1 aliphatic heterocycles. The van der Waals surface area contributed by atoms with Crippen molar-refractivity contribution in [3.63, 3.8) is 0 Å². The Morgan fingerprint density at radius 3 is 2.78 bits per heavy atom. The molecule has 0 bridgehead atoms. The monoisotopic (exact) mass is 248 g/mol. The van der Waals surface area contributed by atoms with E-state index in [4.69, 9.17) is 10.5 Å². The molecule has 1 unspecified atom stereocenters. The van der Waals surface area contributed by atoms with Crippen LogP contribution in [0.1, 0.15) is 18.1 Å². The second kappa shape index (κ2) is 5.08. The first kappa shape index (κ1) is 13.1. The average molecular weight is 248 g/mol. The summed E-state index contributed by atoms with van der Waals surface area (Å²) in [5.74, 6) is -0.360. The number of nitrogens with zero attached hydrogens (tertiary/aromatic N) is 1. The zero-order valence-electron chi connectivity index (χ0n) is 11.0. The van der Waals surface area contributed by atoms with Crippen LogP contribution in [0.15, 0.2) is 24.3 Å². The Kier molecular flexibility index (Phi) is 3.68. The molecule has 1 aromatic carbocycles. The van der Waals surface area contributed by atoms with Crippen LogP contribution in [0.2, 0.25) is 0 Å². The lowest BCUT2D eigenvalue weighted by Crippen LogP contribution is -2.55. The number of methoxy groups -OCH3 is 1. The van der Waals surface area contributed by atoms with Crippen molar-refractivity contribution < 1.29 is 9.53 Å². The van der Waals surface area contributed by atoms with E-state index in [-0.39, 0.29) is 5.97 Å². The minimum Gasteiger partial charge on any atom is -0.468 e. The first-order valence-electron chi connectivity index (χ1n) is 6.19. The summed E-state index contributed by atoms with van der Waals surface area (Å²) in [7, 11) is 1.37. The predicted octanol–water partition coefficient (Wildman–Crippen LogP) is 0.935. The average Bonchev–Trinajstić information content (AvgIpc) is 2.37. The number of benzene rings is 1. The van der Waals surface area contributed by atoms with Gasteiger partial charge in [0.15, 0.2) is 0 Å². The molecule has 18 heavy (non-hydrogen) atoms. The van der Waals surface area contributed by atoms with E-state index < -0.39 is 5.54 Å². The van der Waals surface area contributed by atoms with E-state index in [9.17, 15) is 4.79 Å². The van der Waals surface area contributed by atoms with Crippen molar-refractivity contribution in [2.45, 2.75) is 25.4 Å². The van der Waals surface area contributed by atoms with Gasteiger partial charge >= 0.3 is 5.97 Å². The highest BCUT2D eigenvalue weighted by molar-refractivity contribution is 5.80. The smallest absolute Gasteiger partial charge is 0.326 e. The highest BCUT2D eigenvalue weighted by Crippen LogP contribution is 2.19. The van der Waals surface area contributed by atoms with E-state index in [0.717, 1.165) is 19.5 Å². The van der Waals surface area contributed by atoms with Gasteiger partial charge in [-0.1, -0.05) is 24.3 Å². The molecule has 0 aliphatic carbocycles. The van der Waals surface area contributed by atoms with Crippen LogP contribution in [-0.2, 0) is 22.5 Å². The number of fused-ring (bicyclic) bond motifs is 1. The summed E-state index contributed by atoms with van der Waals surface area (Å²) in [6.45, 7) is 4.02. The van der Waals surface area contributed by atoms with Crippen molar-refractivity contribution in [2.24, 2.45) is 5.73 Å². The van der Waals surface area contributed by atoms with Gasteiger partial charge < -0.3 is 10.5 Å². The van der Waals surface area contributed by atoms with E-state index in [1.165, 1.54) is 18.2 Å². The van der Waals surface area contributed by atoms with Crippen molar-refractivity contribution in [3.05, 3.63) is 35.4 Å². The van der Waals surface area contributed by atoms with Crippen molar-refractivity contribution in [1.29, 1.82) is 0 Å². The predicted molar refractivity (Wildman–Crippen MR) is 70.0 cm³/mol. The van der Waals surface area contributed by atoms with Crippen LogP contribution in [0, 0.1) is 0 Å². The molecule has 4 heteroatoms. The summed E-state index contributed by atoms with van der Waals surface area (Å²) in [5, 5.41) is 0. The highest BCUT2D eigenvalue weighted by Gasteiger charge is 2.32. The molecule has 0 amide bonds. The van der Waals surface area contributed by atoms with Gasteiger partial charge in [0, 0.05) is 19.6 Å². The zero-order chi connectivity index (χ0) is 13.2. The topological polar surface area (TPSA) is 55.6 Å². The number of rotatable bonds is 3. The molecule has 98 valence electrons. The lowest BCUT2D eigenvalue weighted by Gasteiger charge is -2.33. The minimum absolute atomic E-state index is 0.360. The molecule has 0 spiro atoms. The van der Waals surface area contributed by atoms with Crippen LogP contribution in [0.5, 0.6) is 0 Å². The fourth-order valence-electron chi connectivity index (χ4n) is 2.45. The third kappa shape index (κ3) is 2.71. The number of esters is 1. The van der Waals surface area contributed by atoms with Crippen LogP contribution < -0.4 is 5.73 Å². The van der Waals surface area contributed by atoms with E-state index >= 15 is 0 Å². The quantitative estimate of drug-likeness (QED) is 0.809. The van der Waals surface area contributed by atoms with Crippen LogP contribution in [0.25, 0.3) is 0 Å². The Morgan fingerprint density at radius 1 is 1.44 bits per heavy atom. The van der Waals surface area contributed by atoms with Crippen LogP contribution >= 0.6 is 0 Å². The molecule has 0 fully saturated rings. The number of ether oxygens (including phenoxy) is 1. The lowest BCUT2D eigenvalue weighted by molar-refractivity contribution is -0.147. The Labute approximate surface area is 108 Å². The van der Waals surface area contributed by atoms with E-state index in [1.807, 2.05) is 6.07 Å². The second-order valence-corrected chi connectivity index (χ2v) is 5.14. The molecule has 0 saturated carbocycles. The van der Waals surface area contributed by atoms with Gasteiger partial charge in [0.2, 0.25) is 0 Å².